The van der Waals surface area contributed by atoms with Crippen molar-refractivity contribution in [3.8, 4) is 0 Å². The van der Waals surface area contributed by atoms with Crippen molar-refractivity contribution in [2.45, 2.75) is 16.7 Å². The largest absolute Gasteiger partial charge is 0.311 e. The summed E-state index contributed by atoms with van der Waals surface area (Å²) in [6, 6.07) is 8.22. The number of carbonyl (C=O) groups is 1. The van der Waals surface area contributed by atoms with Gasteiger partial charge in [0.15, 0.2) is 0 Å². The highest BCUT2D eigenvalue weighted by Gasteiger charge is 2.15. The molecule has 0 aromatic heterocycles. The zero-order valence-electron chi connectivity index (χ0n) is 7.19. The zero-order chi connectivity index (χ0) is 9.10. The molecular weight excluding hydrogens is 182 g/mol. The Morgan fingerprint density at radius 1 is 1.46 bits per heavy atom. The van der Waals surface area contributed by atoms with E-state index < -0.39 is 0 Å². The molecule has 1 N–H and O–H groups in total. The van der Waals surface area contributed by atoms with Crippen molar-refractivity contribution in [1.82, 2.24) is 5.32 Å². The van der Waals surface area contributed by atoms with Crippen molar-refractivity contribution in [2.24, 2.45) is 0 Å². The van der Waals surface area contributed by atoms with Gasteiger partial charge in [0.05, 0.1) is 5.25 Å². The van der Waals surface area contributed by atoms with Gasteiger partial charge in [-0.1, -0.05) is 18.2 Å². The summed E-state index contributed by atoms with van der Waals surface area (Å²) in [5, 5.41) is 3.31. The van der Waals surface area contributed by atoms with Crippen molar-refractivity contribution < 1.29 is 4.79 Å². The third-order valence-electron chi connectivity index (χ3n) is 2.06. The Bertz CT molecular complexity index is 314. The average Bonchev–Trinajstić information content (AvgIpc) is 2.38. The molecule has 1 heterocycles. The number of thioether (sulfide) groups is 1. The SMILES string of the molecule is O=CC1CNCc2ccccc2S1. The lowest BCUT2D eigenvalue weighted by atomic mass is 10.2. The minimum Gasteiger partial charge on any atom is -0.311 e. The van der Waals surface area contributed by atoms with Crippen LogP contribution >= 0.6 is 11.8 Å². The van der Waals surface area contributed by atoms with Crippen molar-refractivity contribution in [1.29, 1.82) is 0 Å². The van der Waals surface area contributed by atoms with Gasteiger partial charge in [0.25, 0.3) is 0 Å². The molecule has 13 heavy (non-hydrogen) atoms. The Hall–Kier alpha value is -0.800. The van der Waals surface area contributed by atoms with Gasteiger partial charge in [-0.15, -0.1) is 11.8 Å². The molecule has 2 nitrogen and oxygen atoms in total. The van der Waals surface area contributed by atoms with Crippen molar-refractivity contribution >= 4 is 18.0 Å². The molecule has 1 aromatic rings. The van der Waals surface area contributed by atoms with Crippen LogP contribution < -0.4 is 5.32 Å². The molecule has 1 unspecified atom stereocenters. The van der Waals surface area contributed by atoms with E-state index in [1.54, 1.807) is 11.8 Å². The van der Waals surface area contributed by atoms with E-state index in [9.17, 15) is 4.79 Å². The molecule has 0 amide bonds. The number of nitrogens with one attached hydrogen (secondary N) is 1. The maximum atomic E-state index is 10.7. The fourth-order valence-electron chi connectivity index (χ4n) is 1.39. The number of hydrogen-bond donors (Lipinski definition) is 1. The average molecular weight is 193 g/mol. The van der Waals surface area contributed by atoms with Gasteiger partial charge in [0.2, 0.25) is 0 Å². The fraction of sp³-hybridized carbons (Fsp3) is 0.300. The molecule has 0 saturated heterocycles. The molecule has 1 atom stereocenters. The van der Waals surface area contributed by atoms with Crippen molar-refractivity contribution in [2.75, 3.05) is 6.54 Å². The van der Waals surface area contributed by atoms with Crippen LogP contribution in [0.3, 0.4) is 0 Å². The van der Waals surface area contributed by atoms with Crippen LogP contribution in [0.2, 0.25) is 0 Å². The van der Waals surface area contributed by atoms with E-state index in [1.807, 2.05) is 12.1 Å². The highest BCUT2D eigenvalue weighted by atomic mass is 32.2. The molecule has 0 fully saturated rings. The van der Waals surface area contributed by atoms with Crippen LogP contribution in [-0.4, -0.2) is 18.1 Å². The second-order valence-electron chi connectivity index (χ2n) is 3.03. The summed E-state index contributed by atoms with van der Waals surface area (Å²) in [5.74, 6) is 0. The van der Waals surface area contributed by atoms with Gasteiger partial charge in [0.1, 0.15) is 6.29 Å². The van der Waals surface area contributed by atoms with E-state index in [-0.39, 0.29) is 5.25 Å². The molecule has 0 bridgehead atoms. The summed E-state index contributed by atoms with van der Waals surface area (Å²) in [4.78, 5) is 11.9. The van der Waals surface area contributed by atoms with Gasteiger partial charge < -0.3 is 10.1 Å². The molecule has 2 rings (SSSR count). The van der Waals surface area contributed by atoms with Gasteiger partial charge in [-0.25, -0.2) is 0 Å². The maximum absolute atomic E-state index is 10.7. The first-order valence-electron chi connectivity index (χ1n) is 4.31. The van der Waals surface area contributed by atoms with E-state index in [0.29, 0.717) is 0 Å². The zero-order valence-corrected chi connectivity index (χ0v) is 8.01. The molecule has 0 aliphatic carbocycles. The summed E-state index contributed by atoms with van der Waals surface area (Å²) >= 11 is 1.65. The molecule has 0 radical (unpaired) electrons. The first-order valence-corrected chi connectivity index (χ1v) is 5.18. The Balaban J connectivity index is 2.28. The molecule has 1 aromatic carbocycles. The Labute approximate surface area is 81.7 Å². The smallest absolute Gasteiger partial charge is 0.134 e. The minimum absolute atomic E-state index is 0.0589. The molecule has 68 valence electrons. The standard InChI is InChI=1S/C10H11NOS/c12-7-9-6-11-5-8-3-1-2-4-10(8)13-9/h1-4,7,9,11H,5-6H2. The second-order valence-corrected chi connectivity index (χ2v) is 4.31. The maximum Gasteiger partial charge on any atom is 0.134 e. The van der Waals surface area contributed by atoms with Gasteiger partial charge in [-0.3, -0.25) is 0 Å². The van der Waals surface area contributed by atoms with Gasteiger partial charge in [-0.2, -0.15) is 0 Å². The molecule has 1 aliphatic rings. The third-order valence-corrected chi connectivity index (χ3v) is 3.30. The minimum atomic E-state index is 0.0589. The molecule has 0 spiro atoms. The molecular formula is C10H11NOS. The van der Waals surface area contributed by atoms with E-state index >= 15 is 0 Å². The Morgan fingerprint density at radius 3 is 3.15 bits per heavy atom. The van der Waals surface area contributed by atoms with Gasteiger partial charge >= 0.3 is 0 Å². The Kier molecular flexibility index (Phi) is 2.66. The predicted octanol–water partition coefficient (Wildman–Crippen LogP) is 1.45. The Morgan fingerprint density at radius 2 is 2.31 bits per heavy atom. The topological polar surface area (TPSA) is 29.1 Å². The monoisotopic (exact) mass is 193 g/mol. The number of benzene rings is 1. The van der Waals surface area contributed by atoms with Crippen LogP contribution in [0.1, 0.15) is 5.56 Å². The third kappa shape index (κ3) is 1.92. The molecule has 3 heteroatoms. The quantitative estimate of drug-likeness (QED) is 0.684. The first-order chi connectivity index (χ1) is 6.40. The van der Waals surface area contributed by atoms with E-state index in [4.69, 9.17) is 0 Å². The number of fused-ring (bicyclic) bond motifs is 1. The second kappa shape index (κ2) is 3.94. The van der Waals surface area contributed by atoms with Crippen LogP contribution in [0.5, 0.6) is 0 Å². The van der Waals surface area contributed by atoms with Crippen LogP contribution in [0.15, 0.2) is 29.2 Å². The van der Waals surface area contributed by atoms with Crippen LogP contribution in [-0.2, 0) is 11.3 Å². The molecule has 0 saturated carbocycles. The lowest BCUT2D eigenvalue weighted by Gasteiger charge is -2.05. The summed E-state index contributed by atoms with van der Waals surface area (Å²) in [6.45, 7) is 1.64. The summed E-state index contributed by atoms with van der Waals surface area (Å²) in [5.41, 5.74) is 1.29. The molecule has 1 aliphatic heterocycles. The lowest BCUT2D eigenvalue weighted by molar-refractivity contribution is -0.107. The van der Waals surface area contributed by atoms with Gasteiger partial charge in [0, 0.05) is 18.0 Å². The number of aldehydes is 1. The number of hydrogen-bond acceptors (Lipinski definition) is 3. The lowest BCUT2D eigenvalue weighted by Crippen LogP contribution is -2.22. The highest BCUT2D eigenvalue weighted by Crippen LogP contribution is 2.27. The van der Waals surface area contributed by atoms with Crippen molar-refractivity contribution in [3.05, 3.63) is 29.8 Å². The normalized spacial score (nSPS) is 21.7. The fourth-order valence-corrected chi connectivity index (χ4v) is 2.43. The highest BCUT2D eigenvalue weighted by molar-refractivity contribution is 8.00. The van der Waals surface area contributed by atoms with E-state index in [0.717, 1.165) is 19.4 Å². The predicted molar refractivity (Wildman–Crippen MR) is 53.9 cm³/mol. The van der Waals surface area contributed by atoms with Crippen molar-refractivity contribution in [3.63, 3.8) is 0 Å². The van der Waals surface area contributed by atoms with Crippen LogP contribution in [0.25, 0.3) is 0 Å². The number of carbonyl (C=O) groups excluding carboxylic acids is 1. The van der Waals surface area contributed by atoms with Crippen LogP contribution in [0.4, 0.5) is 0 Å². The first kappa shape index (κ1) is 8.78. The summed E-state index contributed by atoms with van der Waals surface area (Å²) in [6.07, 6.45) is 1.01. The van der Waals surface area contributed by atoms with Crippen LogP contribution in [0, 0.1) is 0 Å². The summed E-state index contributed by atoms with van der Waals surface area (Å²) < 4.78 is 0. The van der Waals surface area contributed by atoms with E-state index in [2.05, 4.69) is 17.4 Å². The summed E-state index contributed by atoms with van der Waals surface area (Å²) in [7, 11) is 0. The number of rotatable bonds is 1. The van der Waals surface area contributed by atoms with E-state index in [1.165, 1.54) is 10.5 Å². The van der Waals surface area contributed by atoms with Gasteiger partial charge in [-0.05, 0) is 11.6 Å².